The van der Waals surface area contributed by atoms with Crippen LogP contribution in [0.3, 0.4) is 0 Å². The number of thiazole rings is 1. The number of hydrogen-bond acceptors (Lipinski definition) is 3. The highest BCUT2D eigenvalue weighted by atomic mass is 32.1. The van der Waals surface area contributed by atoms with E-state index in [1.165, 1.54) is 15.6 Å². The van der Waals surface area contributed by atoms with E-state index in [-0.39, 0.29) is 0 Å². The molecule has 0 amide bonds. The molecule has 62 valence electrons. The number of hydrogen-bond donors (Lipinski definition) is 1. The molecule has 0 spiro atoms. The molecular weight excluding hydrogens is 156 g/mol. The SMILES string of the molecule is CCc1nc(CCN)c(C)s1. The van der Waals surface area contributed by atoms with E-state index < -0.39 is 0 Å². The maximum atomic E-state index is 5.44. The van der Waals surface area contributed by atoms with E-state index in [0.717, 1.165) is 12.8 Å². The highest BCUT2D eigenvalue weighted by molar-refractivity contribution is 7.11. The third kappa shape index (κ3) is 2.01. The summed E-state index contributed by atoms with van der Waals surface area (Å²) in [5.41, 5.74) is 6.63. The van der Waals surface area contributed by atoms with Gasteiger partial charge in [0, 0.05) is 11.3 Å². The van der Waals surface area contributed by atoms with Gasteiger partial charge in [-0.15, -0.1) is 11.3 Å². The molecule has 0 bridgehead atoms. The molecular formula is C8H14N2S. The minimum Gasteiger partial charge on any atom is -0.330 e. The first-order valence-electron chi connectivity index (χ1n) is 3.93. The number of nitrogens with two attached hydrogens (primary N) is 1. The Hall–Kier alpha value is -0.410. The van der Waals surface area contributed by atoms with Crippen LogP contribution in [0.15, 0.2) is 0 Å². The lowest BCUT2D eigenvalue weighted by Crippen LogP contribution is -2.03. The lowest BCUT2D eigenvalue weighted by Gasteiger charge is -1.91. The first kappa shape index (κ1) is 8.68. The Kier molecular flexibility index (Phi) is 3.02. The molecule has 11 heavy (non-hydrogen) atoms. The van der Waals surface area contributed by atoms with Crippen molar-refractivity contribution in [1.29, 1.82) is 0 Å². The van der Waals surface area contributed by atoms with Crippen molar-refractivity contribution in [3.63, 3.8) is 0 Å². The molecule has 0 radical (unpaired) electrons. The highest BCUT2D eigenvalue weighted by Gasteiger charge is 2.03. The second kappa shape index (κ2) is 3.83. The lowest BCUT2D eigenvalue weighted by molar-refractivity contribution is 0.910. The lowest BCUT2D eigenvalue weighted by atomic mass is 10.3. The van der Waals surface area contributed by atoms with Gasteiger partial charge in [-0.25, -0.2) is 4.98 Å². The molecule has 0 aliphatic heterocycles. The molecule has 0 atom stereocenters. The molecule has 2 N–H and O–H groups in total. The Morgan fingerprint density at radius 3 is 2.73 bits per heavy atom. The van der Waals surface area contributed by atoms with Gasteiger partial charge in [0.15, 0.2) is 0 Å². The Morgan fingerprint density at radius 2 is 2.27 bits per heavy atom. The summed E-state index contributed by atoms with van der Waals surface area (Å²) in [6, 6.07) is 0. The molecule has 1 aromatic heterocycles. The van der Waals surface area contributed by atoms with Gasteiger partial charge in [-0.1, -0.05) is 6.92 Å². The number of nitrogens with zero attached hydrogens (tertiary/aromatic N) is 1. The monoisotopic (exact) mass is 170 g/mol. The van der Waals surface area contributed by atoms with Gasteiger partial charge in [-0.2, -0.15) is 0 Å². The highest BCUT2D eigenvalue weighted by Crippen LogP contribution is 2.17. The minimum atomic E-state index is 0.702. The van der Waals surface area contributed by atoms with Crippen molar-refractivity contribution in [2.75, 3.05) is 6.54 Å². The Labute approximate surface area is 71.5 Å². The van der Waals surface area contributed by atoms with Crippen molar-refractivity contribution in [2.45, 2.75) is 26.7 Å². The van der Waals surface area contributed by atoms with Crippen molar-refractivity contribution >= 4 is 11.3 Å². The van der Waals surface area contributed by atoms with Crippen LogP contribution in [0.5, 0.6) is 0 Å². The molecule has 1 aromatic rings. The zero-order chi connectivity index (χ0) is 8.27. The molecule has 2 nitrogen and oxygen atoms in total. The molecule has 0 saturated carbocycles. The van der Waals surface area contributed by atoms with Crippen LogP contribution in [0.25, 0.3) is 0 Å². The predicted octanol–water partition coefficient (Wildman–Crippen LogP) is 1.52. The van der Waals surface area contributed by atoms with Gasteiger partial charge in [0.25, 0.3) is 0 Å². The number of aromatic nitrogens is 1. The molecule has 0 saturated heterocycles. The molecule has 3 heteroatoms. The van der Waals surface area contributed by atoms with Crippen LogP contribution in [0.1, 0.15) is 22.5 Å². The first-order chi connectivity index (χ1) is 5.27. The second-order valence-electron chi connectivity index (χ2n) is 2.50. The van der Waals surface area contributed by atoms with Crippen LogP contribution in [0.2, 0.25) is 0 Å². The Balaban J connectivity index is 2.79. The zero-order valence-electron chi connectivity index (χ0n) is 7.05. The topological polar surface area (TPSA) is 38.9 Å². The van der Waals surface area contributed by atoms with Crippen molar-refractivity contribution in [2.24, 2.45) is 5.73 Å². The first-order valence-corrected chi connectivity index (χ1v) is 4.74. The minimum absolute atomic E-state index is 0.702. The van der Waals surface area contributed by atoms with Crippen LogP contribution in [-0.4, -0.2) is 11.5 Å². The average Bonchev–Trinajstić information content (AvgIpc) is 2.33. The molecule has 0 aliphatic carbocycles. The zero-order valence-corrected chi connectivity index (χ0v) is 7.87. The van der Waals surface area contributed by atoms with Gasteiger partial charge in [0.05, 0.1) is 10.7 Å². The third-order valence-electron chi connectivity index (χ3n) is 1.62. The van der Waals surface area contributed by atoms with E-state index in [0.29, 0.717) is 6.54 Å². The van der Waals surface area contributed by atoms with E-state index in [9.17, 15) is 0 Å². The van der Waals surface area contributed by atoms with Gasteiger partial charge in [-0.3, -0.25) is 0 Å². The van der Waals surface area contributed by atoms with E-state index in [2.05, 4.69) is 18.8 Å². The molecule has 0 aromatic carbocycles. The fraction of sp³-hybridized carbons (Fsp3) is 0.625. The summed E-state index contributed by atoms with van der Waals surface area (Å²) < 4.78 is 0. The summed E-state index contributed by atoms with van der Waals surface area (Å²) in [7, 11) is 0. The number of aryl methyl sites for hydroxylation is 2. The van der Waals surface area contributed by atoms with Crippen LogP contribution >= 0.6 is 11.3 Å². The fourth-order valence-corrected chi connectivity index (χ4v) is 1.93. The van der Waals surface area contributed by atoms with Crippen molar-refractivity contribution in [3.05, 3.63) is 15.6 Å². The summed E-state index contributed by atoms with van der Waals surface area (Å²) >= 11 is 1.79. The molecule has 1 rings (SSSR count). The molecule has 0 unspecified atom stereocenters. The van der Waals surface area contributed by atoms with E-state index in [1.54, 1.807) is 11.3 Å². The summed E-state index contributed by atoms with van der Waals surface area (Å²) in [4.78, 5) is 5.78. The largest absolute Gasteiger partial charge is 0.330 e. The normalized spacial score (nSPS) is 10.5. The van der Waals surface area contributed by atoms with Gasteiger partial charge in [0.1, 0.15) is 0 Å². The third-order valence-corrected chi connectivity index (χ3v) is 2.78. The predicted molar refractivity (Wildman–Crippen MR) is 49.0 cm³/mol. The molecule has 0 aliphatic rings. The Bertz CT molecular complexity index is 230. The van der Waals surface area contributed by atoms with Crippen LogP contribution in [0.4, 0.5) is 0 Å². The summed E-state index contributed by atoms with van der Waals surface area (Å²) in [5.74, 6) is 0. The van der Waals surface area contributed by atoms with Crippen molar-refractivity contribution in [3.8, 4) is 0 Å². The number of rotatable bonds is 3. The van der Waals surface area contributed by atoms with Gasteiger partial charge >= 0.3 is 0 Å². The van der Waals surface area contributed by atoms with Gasteiger partial charge in [-0.05, 0) is 19.9 Å². The van der Waals surface area contributed by atoms with Gasteiger partial charge < -0.3 is 5.73 Å². The quantitative estimate of drug-likeness (QED) is 0.747. The van der Waals surface area contributed by atoms with E-state index >= 15 is 0 Å². The maximum absolute atomic E-state index is 5.44. The average molecular weight is 170 g/mol. The standard InChI is InChI=1S/C8H14N2S/c1-3-8-10-7(4-5-9)6(2)11-8/h3-5,9H2,1-2H3. The Morgan fingerprint density at radius 1 is 1.55 bits per heavy atom. The van der Waals surface area contributed by atoms with Crippen LogP contribution in [-0.2, 0) is 12.8 Å². The smallest absolute Gasteiger partial charge is 0.0928 e. The van der Waals surface area contributed by atoms with Crippen molar-refractivity contribution in [1.82, 2.24) is 4.98 Å². The van der Waals surface area contributed by atoms with Crippen LogP contribution < -0.4 is 5.73 Å². The maximum Gasteiger partial charge on any atom is 0.0928 e. The van der Waals surface area contributed by atoms with E-state index in [4.69, 9.17) is 5.73 Å². The summed E-state index contributed by atoms with van der Waals surface area (Å²) in [6.07, 6.45) is 1.96. The van der Waals surface area contributed by atoms with Crippen LogP contribution in [0, 0.1) is 6.92 Å². The summed E-state index contributed by atoms with van der Waals surface area (Å²) in [5, 5.41) is 1.23. The fourth-order valence-electron chi connectivity index (χ4n) is 1.01. The van der Waals surface area contributed by atoms with Gasteiger partial charge in [0.2, 0.25) is 0 Å². The van der Waals surface area contributed by atoms with Crippen molar-refractivity contribution < 1.29 is 0 Å². The summed E-state index contributed by atoms with van der Waals surface area (Å²) in [6.45, 7) is 4.94. The second-order valence-corrected chi connectivity index (χ2v) is 3.79. The molecule has 1 heterocycles. The van der Waals surface area contributed by atoms with E-state index in [1.807, 2.05) is 0 Å². The molecule has 0 fully saturated rings.